The molecule has 3 heterocycles. The molecule has 2 aromatic heterocycles. The van der Waals surface area contributed by atoms with Crippen LogP contribution in [0.4, 0.5) is 10.1 Å². The number of halogens is 2. The van der Waals surface area contributed by atoms with Gasteiger partial charge in [0.05, 0.1) is 35.0 Å². The molecule has 196 valence electrons. The summed E-state index contributed by atoms with van der Waals surface area (Å²) >= 11 is 5.88. The van der Waals surface area contributed by atoms with Crippen molar-refractivity contribution < 1.29 is 19.0 Å². The number of carbonyl (C=O) groups is 1. The number of rotatable bonds is 5. The summed E-state index contributed by atoms with van der Waals surface area (Å²) < 4.78 is 22.6. The fourth-order valence-electron chi connectivity index (χ4n) is 6.78. The molecule has 37 heavy (non-hydrogen) atoms. The van der Waals surface area contributed by atoms with Crippen molar-refractivity contribution in [2.45, 2.75) is 49.5 Å². The van der Waals surface area contributed by atoms with Gasteiger partial charge in [-0.05, 0) is 68.2 Å². The summed E-state index contributed by atoms with van der Waals surface area (Å²) in [4.78, 5) is 17.8. The summed E-state index contributed by atoms with van der Waals surface area (Å²) in [6.07, 6.45) is 5.72. The summed E-state index contributed by atoms with van der Waals surface area (Å²) in [5, 5.41) is 19.2. The first-order valence-corrected chi connectivity index (χ1v) is 13.2. The van der Waals surface area contributed by atoms with E-state index >= 15 is 0 Å². The number of nitrogens with zero attached hydrogens (tertiary/aromatic N) is 4. The monoisotopic (exact) mass is 527 g/mol. The Labute approximate surface area is 219 Å². The summed E-state index contributed by atoms with van der Waals surface area (Å²) in [7, 11) is 3.71. The molecule has 3 fully saturated rings. The number of aliphatic hydroxyl groups is 1. The molecule has 3 unspecified atom stereocenters. The van der Waals surface area contributed by atoms with Crippen molar-refractivity contribution in [3.8, 4) is 0 Å². The van der Waals surface area contributed by atoms with Crippen LogP contribution in [0.25, 0.3) is 0 Å². The van der Waals surface area contributed by atoms with Crippen LogP contribution < -0.4 is 5.32 Å². The van der Waals surface area contributed by atoms with E-state index in [2.05, 4.69) is 16.4 Å². The van der Waals surface area contributed by atoms with E-state index in [1.54, 1.807) is 17.9 Å². The van der Waals surface area contributed by atoms with E-state index in [0.29, 0.717) is 48.6 Å². The number of carbonyl (C=O) groups excluding carboxylic acids is 1. The molecule has 3 aromatic rings. The number of benzene rings is 1. The highest BCUT2D eigenvalue weighted by atomic mass is 35.5. The maximum Gasteiger partial charge on any atom is 0.274 e. The van der Waals surface area contributed by atoms with E-state index < -0.39 is 11.4 Å². The molecule has 2 N–H and O–H groups in total. The quantitative estimate of drug-likeness (QED) is 0.510. The normalized spacial score (nSPS) is 29.1. The van der Waals surface area contributed by atoms with Crippen LogP contribution >= 0.6 is 11.6 Å². The first-order chi connectivity index (χ1) is 17.7. The van der Waals surface area contributed by atoms with Crippen LogP contribution in [0.1, 0.15) is 71.5 Å². The SMILES string of the molecule is Cn1cnc(C2CC3CC(O)(c4cc(C5CCOC5)nn4C)CC3C2)c1C(=O)Nc1ccc(F)c(Cl)c1. The maximum absolute atomic E-state index is 13.5. The molecule has 8 nitrogen and oxygen atoms in total. The van der Waals surface area contributed by atoms with Gasteiger partial charge in [0, 0.05) is 38.2 Å². The average Bonchev–Trinajstić information content (AvgIpc) is 3.64. The lowest BCUT2D eigenvalue weighted by molar-refractivity contribution is 0.0263. The fraction of sp³-hybridized carbons (Fsp3) is 0.519. The van der Waals surface area contributed by atoms with Crippen LogP contribution in [-0.4, -0.2) is 43.6 Å². The third-order valence-corrected chi connectivity index (χ3v) is 8.80. The largest absolute Gasteiger partial charge is 0.384 e. The Morgan fingerprint density at radius 2 is 1.97 bits per heavy atom. The number of amides is 1. The minimum atomic E-state index is -0.897. The second kappa shape index (κ2) is 9.22. The topological polar surface area (TPSA) is 94.2 Å². The minimum Gasteiger partial charge on any atom is -0.384 e. The molecular weight excluding hydrogens is 497 g/mol. The van der Waals surface area contributed by atoms with Crippen LogP contribution in [0.2, 0.25) is 5.02 Å². The van der Waals surface area contributed by atoms with E-state index in [-0.39, 0.29) is 16.8 Å². The van der Waals surface area contributed by atoms with E-state index in [4.69, 9.17) is 21.4 Å². The predicted octanol–water partition coefficient (Wildman–Crippen LogP) is 4.49. The van der Waals surface area contributed by atoms with Gasteiger partial charge in [0.2, 0.25) is 0 Å². The number of aromatic nitrogens is 4. The Morgan fingerprint density at radius 3 is 2.65 bits per heavy atom. The second-order valence-electron chi connectivity index (χ2n) is 10.9. The molecule has 1 amide bonds. The smallest absolute Gasteiger partial charge is 0.274 e. The van der Waals surface area contributed by atoms with Crippen LogP contribution in [0.15, 0.2) is 30.6 Å². The van der Waals surface area contributed by atoms with Crippen LogP contribution in [0.3, 0.4) is 0 Å². The second-order valence-corrected chi connectivity index (χ2v) is 11.3. The Morgan fingerprint density at radius 1 is 1.22 bits per heavy atom. The van der Waals surface area contributed by atoms with Gasteiger partial charge in [-0.25, -0.2) is 9.37 Å². The molecule has 0 radical (unpaired) electrons. The van der Waals surface area contributed by atoms with Gasteiger partial charge in [-0.2, -0.15) is 5.10 Å². The van der Waals surface area contributed by atoms with Gasteiger partial charge in [0.1, 0.15) is 17.1 Å². The Bertz CT molecular complexity index is 1330. The van der Waals surface area contributed by atoms with Gasteiger partial charge >= 0.3 is 0 Å². The lowest BCUT2D eigenvalue weighted by atomic mass is 9.89. The zero-order chi connectivity index (χ0) is 25.9. The molecule has 2 aliphatic carbocycles. The molecule has 6 rings (SSSR count). The zero-order valence-electron chi connectivity index (χ0n) is 21.0. The van der Waals surface area contributed by atoms with Crippen molar-refractivity contribution in [3.05, 3.63) is 64.2 Å². The van der Waals surface area contributed by atoms with E-state index in [1.165, 1.54) is 18.2 Å². The van der Waals surface area contributed by atoms with Gasteiger partial charge in [0.25, 0.3) is 5.91 Å². The summed E-state index contributed by atoms with van der Waals surface area (Å²) in [6.45, 7) is 1.45. The Balaban J connectivity index is 1.17. The molecule has 0 spiro atoms. The van der Waals surface area contributed by atoms with Gasteiger partial charge in [-0.3, -0.25) is 9.48 Å². The summed E-state index contributed by atoms with van der Waals surface area (Å²) in [6, 6.07) is 6.18. The minimum absolute atomic E-state index is 0.0451. The van der Waals surface area contributed by atoms with E-state index in [9.17, 15) is 14.3 Å². The van der Waals surface area contributed by atoms with Crippen molar-refractivity contribution in [1.82, 2.24) is 19.3 Å². The van der Waals surface area contributed by atoms with Crippen LogP contribution in [0, 0.1) is 17.7 Å². The first-order valence-electron chi connectivity index (χ1n) is 12.8. The van der Waals surface area contributed by atoms with Crippen molar-refractivity contribution in [3.63, 3.8) is 0 Å². The van der Waals surface area contributed by atoms with E-state index in [0.717, 1.165) is 43.0 Å². The molecular formula is C27H31ClFN5O3. The standard InChI is InChI=1S/C27H31ClFN5O3/c1-33-14-30-24(25(33)26(35)31-19-3-4-21(29)20(28)9-19)16-7-17-11-27(36,12-18(17)8-16)23-10-22(32-34(23)2)15-5-6-37-13-15/h3-4,9-10,14-18,36H,5-8,11-13H2,1-2H3,(H,31,35). The summed E-state index contributed by atoms with van der Waals surface area (Å²) in [5.74, 6) is 0.288. The highest BCUT2D eigenvalue weighted by Crippen LogP contribution is 2.57. The van der Waals surface area contributed by atoms with Gasteiger partial charge in [-0.1, -0.05) is 11.6 Å². The molecule has 2 saturated carbocycles. The molecule has 1 saturated heterocycles. The maximum atomic E-state index is 13.5. The molecule has 10 heteroatoms. The number of hydrogen-bond acceptors (Lipinski definition) is 5. The number of imidazole rings is 1. The zero-order valence-corrected chi connectivity index (χ0v) is 21.7. The van der Waals surface area contributed by atoms with Crippen molar-refractivity contribution in [2.75, 3.05) is 18.5 Å². The lowest BCUT2D eigenvalue weighted by Crippen LogP contribution is -2.26. The van der Waals surface area contributed by atoms with Crippen molar-refractivity contribution in [2.24, 2.45) is 25.9 Å². The number of fused-ring (bicyclic) bond motifs is 1. The molecule has 1 aliphatic heterocycles. The van der Waals surface area contributed by atoms with Gasteiger partial charge < -0.3 is 19.7 Å². The number of anilines is 1. The predicted molar refractivity (Wildman–Crippen MR) is 136 cm³/mol. The highest BCUT2D eigenvalue weighted by molar-refractivity contribution is 6.31. The van der Waals surface area contributed by atoms with E-state index in [1.807, 2.05) is 11.7 Å². The van der Waals surface area contributed by atoms with Crippen LogP contribution in [0.5, 0.6) is 0 Å². The highest BCUT2D eigenvalue weighted by Gasteiger charge is 2.51. The average molecular weight is 528 g/mol. The van der Waals surface area contributed by atoms with Crippen LogP contribution in [-0.2, 0) is 24.4 Å². The van der Waals surface area contributed by atoms with Crippen molar-refractivity contribution >= 4 is 23.2 Å². The molecule has 3 aliphatic rings. The Kier molecular flexibility index (Phi) is 6.12. The third kappa shape index (κ3) is 4.36. The number of nitrogens with one attached hydrogen (secondary N) is 1. The molecule has 3 atom stereocenters. The number of aryl methyl sites for hydroxylation is 2. The third-order valence-electron chi connectivity index (χ3n) is 8.51. The number of ether oxygens (including phenoxy) is 1. The first kappa shape index (κ1) is 24.6. The molecule has 1 aromatic carbocycles. The van der Waals surface area contributed by atoms with Gasteiger partial charge in [-0.15, -0.1) is 0 Å². The van der Waals surface area contributed by atoms with Gasteiger partial charge in [0.15, 0.2) is 0 Å². The molecule has 0 bridgehead atoms. The summed E-state index contributed by atoms with van der Waals surface area (Å²) in [5.41, 5.74) is 2.69. The van der Waals surface area contributed by atoms with Crippen molar-refractivity contribution in [1.29, 1.82) is 0 Å². The number of hydrogen-bond donors (Lipinski definition) is 2. The fourth-order valence-corrected chi connectivity index (χ4v) is 6.96. The lowest BCUT2D eigenvalue weighted by Gasteiger charge is -2.25. The Hall–Kier alpha value is -2.75.